The Morgan fingerprint density at radius 1 is 1.07 bits per heavy atom. The van der Waals surface area contributed by atoms with Gasteiger partial charge in [-0.2, -0.15) is 0 Å². The number of fused-ring (bicyclic) bond motifs is 3. The summed E-state index contributed by atoms with van der Waals surface area (Å²) in [5, 5.41) is 8.64. The van der Waals surface area contributed by atoms with Gasteiger partial charge in [-0.3, -0.25) is 4.98 Å². The van der Waals surface area contributed by atoms with Gasteiger partial charge in [0.1, 0.15) is 5.82 Å². The molecular weight excluding hydrogens is 349 g/mol. The zero-order chi connectivity index (χ0) is 18.9. The van der Waals surface area contributed by atoms with Crippen LogP contribution < -0.4 is 10.6 Å². The SMILES string of the molecule is Fc1ccc(C(NCC2C3CCCC2NC3)c2cnc3ccccc3c2)cc1. The molecule has 1 saturated heterocycles. The predicted octanol–water partition coefficient (Wildman–Crippen LogP) is 4.44. The molecule has 2 heterocycles. The number of pyridine rings is 1. The fraction of sp³-hybridized carbons (Fsp3) is 0.375. The van der Waals surface area contributed by atoms with Crippen molar-refractivity contribution in [3.8, 4) is 0 Å². The monoisotopic (exact) mass is 375 g/mol. The summed E-state index contributed by atoms with van der Waals surface area (Å²) in [5.41, 5.74) is 3.20. The van der Waals surface area contributed by atoms with Gasteiger partial charge in [0.05, 0.1) is 11.6 Å². The summed E-state index contributed by atoms with van der Waals surface area (Å²) in [5.74, 6) is 1.24. The van der Waals surface area contributed by atoms with E-state index in [2.05, 4.69) is 27.8 Å². The first-order chi connectivity index (χ1) is 13.8. The molecule has 1 aliphatic carbocycles. The first-order valence-electron chi connectivity index (χ1n) is 10.3. The summed E-state index contributed by atoms with van der Waals surface area (Å²) in [6.45, 7) is 2.12. The minimum absolute atomic E-state index is 0.0130. The van der Waals surface area contributed by atoms with Crippen LogP contribution in [-0.4, -0.2) is 24.1 Å². The molecule has 2 bridgehead atoms. The highest BCUT2D eigenvalue weighted by Gasteiger charge is 2.38. The lowest BCUT2D eigenvalue weighted by Gasteiger charge is -2.31. The van der Waals surface area contributed by atoms with Crippen LogP contribution in [0.1, 0.15) is 36.4 Å². The maximum absolute atomic E-state index is 13.5. The molecule has 28 heavy (non-hydrogen) atoms. The van der Waals surface area contributed by atoms with Crippen LogP contribution in [0.15, 0.2) is 60.8 Å². The first-order valence-corrected chi connectivity index (χ1v) is 10.3. The molecule has 1 aliphatic heterocycles. The van der Waals surface area contributed by atoms with Gasteiger partial charge in [-0.25, -0.2) is 4.39 Å². The van der Waals surface area contributed by atoms with E-state index < -0.39 is 0 Å². The molecule has 1 aromatic heterocycles. The third-order valence-corrected chi connectivity index (χ3v) is 6.56. The van der Waals surface area contributed by atoms with E-state index in [0.717, 1.165) is 41.0 Å². The number of halogens is 1. The van der Waals surface area contributed by atoms with E-state index >= 15 is 0 Å². The maximum Gasteiger partial charge on any atom is 0.123 e. The van der Waals surface area contributed by atoms with E-state index in [0.29, 0.717) is 12.0 Å². The lowest BCUT2D eigenvalue weighted by atomic mass is 9.79. The first kappa shape index (κ1) is 17.8. The Morgan fingerprint density at radius 2 is 1.93 bits per heavy atom. The molecule has 2 fully saturated rings. The minimum atomic E-state index is -0.200. The third-order valence-electron chi connectivity index (χ3n) is 6.56. The average Bonchev–Trinajstić information content (AvgIpc) is 2.95. The van der Waals surface area contributed by atoms with Crippen molar-refractivity contribution in [1.29, 1.82) is 0 Å². The Labute approximate surface area is 165 Å². The molecule has 2 aromatic carbocycles. The minimum Gasteiger partial charge on any atom is -0.313 e. The molecule has 0 radical (unpaired) electrons. The second kappa shape index (κ2) is 7.61. The molecule has 2 aliphatic rings. The van der Waals surface area contributed by atoms with Gasteiger partial charge in [0, 0.05) is 24.2 Å². The van der Waals surface area contributed by atoms with Crippen LogP contribution in [0.2, 0.25) is 0 Å². The number of para-hydroxylation sites is 1. The third kappa shape index (κ3) is 3.43. The summed E-state index contributed by atoms with van der Waals surface area (Å²) >= 11 is 0. The Hall–Kier alpha value is -2.30. The normalized spacial score (nSPS) is 25.1. The van der Waals surface area contributed by atoms with Gasteiger partial charge in [-0.15, -0.1) is 0 Å². The zero-order valence-electron chi connectivity index (χ0n) is 15.9. The van der Waals surface area contributed by atoms with E-state index in [-0.39, 0.29) is 11.9 Å². The van der Waals surface area contributed by atoms with Crippen molar-refractivity contribution in [1.82, 2.24) is 15.6 Å². The van der Waals surface area contributed by atoms with E-state index in [1.165, 1.54) is 19.3 Å². The van der Waals surface area contributed by atoms with Crippen LogP contribution in [0.5, 0.6) is 0 Å². The Balaban J connectivity index is 1.45. The zero-order valence-corrected chi connectivity index (χ0v) is 15.9. The summed E-state index contributed by atoms with van der Waals surface area (Å²) < 4.78 is 13.5. The lowest BCUT2D eigenvalue weighted by molar-refractivity contribution is 0.261. The van der Waals surface area contributed by atoms with E-state index in [9.17, 15) is 4.39 Å². The molecule has 4 atom stereocenters. The Bertz CT molecular complexity index is 939. The number of nitrogens with one attached hydrogen (secondary N) is 2. The van der Waals surface area contributed by atoms with Crippen LogP contribution in [0.4, 0.5) is 4.39 Å². The van der Waals surface area contributed by atoms with Crippen molar-refractivity contribution >= 4 is 10.9 Å². The predicted molar refractivity (Wildman–Crippen MR) is 111 cm³/mol. The van der Waals surface area contributed by atoms with Gasteiger partial charge in [-0.1, -0.05) is 36.8 Å². The van der Waals surface area contributed by atoms with Crippen LogP contribution in [-0.2, 0) is 0 Å². The fourth-order valence-electron chi connectivity index (χ4n) is 5.06. The van der Waals surface area contributed by atoms with Crippen molar-refractivity contribution < 1.29 is 4.39 Å². The van der Waals surface area contributed by atoms with E-state index in [4.69, 9.17) is 0 Å². The maximum atomic E-state index is 13.5. The topological polar surface area (TPSA) is 37.0 Å². The molecule has 144 valence electrons. The highest BCUT2D eigenvalue weighted by atomic mass is 19.1. The largest absolute Gasteiger partial charge is 0.313 e. The van der Waals surface area contributed by atoms with Crippen LogP contribution in [0.25, 0.3) is 10.9 Å². The smallest absolute Gasteiger partial charge is 0.123 e. The summed E-state index contributed by atoms with van der Waals surface area (Å²) in [7, 11) is 0. The van der Waals surface area contributed by atoms with Crippen molar-refractivity contribution in [3.63, 3.8) is 0 Å². The highest BCUT2D eigenvalue weighted by molar-refractivity contribution is 5.79. The number of rotatable bonds is 5. The van der Waals surface area contributed by atoms with E-state index in [1.807, 2.05) is 36.5 Å². The van der Waals surface area contributed by atoms with Gasteiger partial charge in [0.15, 0.2) is 0 Å². The molecule has 1 saturated carbocycles. The van der Waals surface area contributed by atoms with Gasteiger partial charge < -0.3 is 10.6 Å². The van der Waals surface area contributed by atoms with E-state index in [1.54, 1.807) is 12.1 Å². The van der Waals surface area contributed by atoms with Crippen LogP contribution >= 0.6 is 0 Å². The summed E-state index contributed by atoms with van der Waals surface area (Å²) in [4.78, 5) is 4.66. The number of hydrogen-bond acceptors (Lipinski definition) is 3. The number of nitrogens with zero attached hydrogens (tertiary/aromatic N) is 1. The van der Waals surface area contributed by atoms with Gasteiger partial charge in [0.2, 0.25) is 0 Å². The molecule has 0 spiro atoms. The van der Waals surface area contributed by atoms with Crippen molar-refractivity contribution in [2.45, 2.75) is 31.3 Å². The molecule has 4 unspecified atom stereocenters. The van der Waals surface area contributed by atoms with Crippen LogP contribution in [0.3, 0.4) is 0 Å². The molecule has 2 N–H and O–H groups in total. The second-order valence-electron chi connectivity index (χ2n) is 8.22. The Kier molecular flexibility index (Phi) is 4.83. The molecule has 3 nitrogen and oxygen atoms in total. The quantitative estimate of drug-likeness (QED) is 0.692. The standard InChI is InChI=1S/C24H26FN3/c25-20-10-8-16(9-11-20)24(19-12-17-4-1-2-6-22(17)26-14-19)28-15-21-18-5-3-7-23(21)27-13-18/h1-2,4,6,8-12,14,18,21,23-24,27-28H,3,5,7,13,15H2. The lowest BCUT2D eigenvalue weighted by Crippen LogP contribution is -2.38. The number of hydrogen-bond donors (Lipinski definition) is 2. The fourth-order valence-corrected chi connectivity index (χ4v) is 5.06. The number of aromatic nitrogens is 1. The van der Waals surface area contributed by atoms with Crippen molar-refractivity contribution in [2.75, 3.05) is 13.1 Å². The average molecular weight is 375 g/mol. The molecular formula is C24H26FN3. The summed E-state index contributed by atoms with van der Waals surface area (Å²) in [6.07, 6.45) is 5.90. The second-order valence-corrected chi connectivity index (χ2v) is 8.22. The molecule has 5 rings (SSSR count). The van der Waals surface area contributed by atoms with Gasteiger partial charge >= 0.3 is 0 Å². The molecule has 4 heteroatoms. The van der Waals surface area contributed by atoms with Gasteiger partial charge in [0.25, 0.3) is 0 Å². The van der Waals surface area contributed by atoms with Gasteiger partial charge in [-0.05, 0) is 66.6 Å². The highest BCUT2D eigenvalue weighted by Crippen LogP contribution is 2.35. The molecule has 0 amide bonds. The van der Waals surface area contributed by atoms with Crippen molar-refractivity contribution in [2.24, 2.45) is 11.8 Å². The molecule has 3 aromatic rings. The van der Waals surface area contributed by atoms with Crippen molar-refractivity contribution in [3.05, 3.63) is 77.7 Å². The Morgan fingerprint density at radius 3 is 2.79 bits per heavy atom. The summed E-state index contributed by atoms with van der Waals surface area (Å²) in [6, 6.07) is 17.9. The van der Waals surface area contributed by atoms with Crippen LogP contribution in [0, 0.1) is 17.7 Å². The number of benzene rings is 2.